The quantitative estimate of drug-likeness (QED) is 0.655. The average Bonchev–Trinajstić information content (AvgIpc) is 2.80. The summed E-state index contributed by atoms with van der Waals surface area (Å²) < 4.78 is 18.4. The van der Waals surface area contributed by atoms with Gasteiger partial charge in [0, 0.05) is 35.8 Å². The second-order valence-electron chi connectivity index (χ2n) is 7.53. The van der Waals surface area contributed by atoms with Crippen molar-refractivity contribution in [3.63, 3.8) is 0 Å². The van der Waals surface area contributed by atoms with Crippen LogP contribution in [0.4, 0.5) is 14.9 Å². The SMILES string of the molecule is COc1ccc(C(=O)N2CCC(NC(=O)Nc3ccc(F)cc3)CC2)c2ccccc12. The summed E-state index contributed by atoms with van der Waals surface area (Å²) in [6.07, 6.45) is 1.33. The first-order valence-corrected chi connectivity index (χ1v) is 10.2. The Kier molecular flexibility index (Phi) is 6.02. The molecule has 3 amide bonds. The Morgan fingerprint density at radius 3 is 2.32 bits per heavy atom. The fourth-order valence-electron chi connectivity index (χ4n) is 3.92. The molecule has 1 aliphatic heterocycles. The van der Waals surface area contributed by atoms with Gasteiger partial charge in [-0.3, -0.25) is 4.79 Å². The monoisotopic (exact) mass is 421 g/mol. The molecule has 6 nitrogen and oxygen atoms in total. The fourth-order valence-corrected chi connectivity index (χ4v) is 3.92. The van der Waals surface area contributed by atoms with E-state index in [1.54, 1.807) is 7.11 Å². The van der Waals surface area contributed by atoms with Crippen LogP contribution in [0.2, 0.25) is 0 Å². The number of likely N-dealkylation sites (tertiary alicyclic amines) is 1. The van der Waals surface area contributed by atoms with Gasteiger partial charge < -0.3 is 20.3 Å². The van der Waals surface area contributed by atoms with E-state index in [1.807, 2.05) is 41.3 Å². The first-order chi connectivity index (χ1) is 15.0. The molecule has 160 valence electrons. The number of nitrogens with zero attached hydrogens (tertiary/aromatic N) is 1. The molecule has 1 saturated heterocycles. The number of halogens is 1. The number of amides is 3. The van der Waals surface area contributed by atoms with E-state index in [9.17, 15) is 14.0 Å². The van der Waals surface area contributed by atoms with Gasteiger partial charge in [-0.05, 0) is 54.6 Å². The highest BCUT2D eigenvalue weighted by Crippen LogP contribution is 2.29. The number of fused-ring (bicyclic) bond motifs is 1. The van der Waals surface area contributed by atoms with Gasteiger partial charge in [0.05, 0.1) is 7.11 Å². The van der Waals surface area contributed by atoms with Gasteiger partial charge in [-0.25, -0.2) is 9.18 Å². The molecule has 0 bridgehead atoms. The molecule has 0 aliphatic carbocycles. The number of hydrogen-bond acceptors (Lipinski definition) is 3. The molecule has 1 fully saturated rings. The molecule has 0 atom stereocenters. The smallest absolute Gasteiger partial charge is 0.319 e. The van der Waals surface area contributed by atoms with Crippen molar-refractivity contribution in [1.29, 1.82) is 0 Å². The molecule has 2 N–H and O–H groups in total. The Labute approximate surface area is 180 Å². The minimum atomic E-state index is -0.354. The second-order valence-corrected chi connectivity index (χ2v) is 7.53. The zero-order valence-electron chi connectivity index (χ0n) is 17.2. The predicted molar refractivity (Wildman–Crippen MR) is 118 cm³/mol. The van der Waals surface area contributed by atoms with E-state index in [1.165, 1.54) is 24.3 Å². The number of anilines is 1. The van der Waals surface area contributed by atoms with Crippen molar-refractivity contribution in [2.75, 3.05) is 25.5 Å². The van der Waals surface area contributed by atoms with E-state index >= 15 is 0 Å². The van der Waals surface area contributed by atoms with Gasteiger partial charge in [-0.1, -0.05) is 24.3 Å². The summed E-state index contributed by atoms with van der Waals surface area (Å²) in [5, 5.41) is 7.40. The van der Waals surface area contributed by atoms with Crippen molar-refractivity contribution in [2.24, 2.45) is 0 Å². The third kappa shape index (κ3) is 4.60. The fraction of sp³-hybridized carbons (Fsp3) is 0.250. The number of rotatable bonds is 4. The highest BCUT2D eigenvalue weighted by Gasteiger charge is 2.26. The lowest BCUT2D eigenvalue weighted by molar-refractivity contribution is 0.0711. The van der Waals surface area contributed by atoms with Crippen LogP contribution in [0, 0.1) is 5.82 Å². The molecule has 4 rings (SSSR count). The van der Waals surface area contributed by atoms with Crippen LogP contribution in [0.5, 0.6) is 5.75 Å². The van der Waals surface area contributed by atoms with Gasteiger partial charge in [-0.15, -0.1) is 0 Å². The molecule has 0 spiro atoms. The maximum Gasteiger partial charge on any atom is 0.319 e. The van der Waals surface area contributed by atoms with Crippen molar-refractivity contribution >= 4 is 28.4 Å². The average molecular weight is 421 g/mol. The Morgan fingerprint density at radius 2 is 1.65 bits per heavy atom. The van der Waals surface area contributed by atoms with Crippen LogP contribution in [-0.2, 0) is 0 Å². The lowest BCUT2D eigenvalue weighted by Crippen LogP contribution is -2.47. The van der Waals surface area contributed by atoms with Gasteiger partial charge >= 0.3 is 6.03 Å². The first-order valence-electron chi connectivity index (χ1n) is 10.2. The zero-order valence-corrected chi connectivity index (χ0v) is 17.2. The summed E-state index contributed by atoms with van der Waals surface area (Å²) in [6.45, 7) is 1.11. The number of piperidine rings is 1. The van der Waals surface area contributed by atoms with E-state index in [4.69, 9.17) is 4.74 Å². The number of carbonyl (C=O) groups excluding carboxylic acids is 2. The van der Waals surface area contributed by atoms with Gasteiger partial charge in [0.25, 0.3) is 5.91 Å². The molecule has 1 aliphatic rings. The summed E-state index contributed by atoms with van der Waals surface area (Å²) in [5.74, 6) is 0.364. The molecule has 7 heteroatoms. The lowest BCUT2D eigenvalue weighted by atomic mass is 10.00. The number of nitrogens with one attached hydrogen (secondary N) is 2. The van der Waals surface area contributed by atoms with Crippen LogP contribution in [0.1, 0.15) is 23.2 Å². The van der Waals surface area contributed by atoms with Crippen molar-refractivity contribution in [1.82, 2.24) is 10.2 Å². The molecule has 31 heavy (non-hydrogen) atoms. The molecule has 0 unspecified atom stereocenters. The number of carbonyl (C=O) groups is 2. The first kappa shape index (κ1) is 20.7. The van der Waals surface area contributed by atoms with Crippen molar-refractivity contribution in [3.05, 3.63) is 72.0 Å². The summed E-state index contributed by atoms with van der Waals surface area (Å²) in [6, 6.07) is 16.6. The minimum Gasteiger partial charge on any atom is -0.496 e. The Balaban J connectivity index is 1.37. The standard InChI is InChI=1S/C24H24FN3O3/c1-31-22-11-10-21(19-4-2-3-5-20(19)22)23(29)28-14-12-18(13-15-28)27-24(30)26-17-8-6-16(25)7-9-17/h2-11,18H,12-15H2,1H3,(H2,26,27,30). The van der Waals surface area contributed by atoms with Gasteiger partial charge in [-0.2, -0.15) is 0 Å². The van der Waals surface area contributed by atoms with Gasteiger partial charge in [0.15, 0.2) is 0 Å². The predicted octanol–water partition coefficient (Wildman–Crippen LogP) is 4.41. The number of benzene rings is 3. The Hall–Kier alpha value is -3.61. The molecule has 0 saturated carbocycles. The summed E-state index contributed by atoms with van der Waals surface area (Å²) in [7, 11) is 1.62. The van der Waals surface area contributed by atoms with E-state index in [0.29, 0.717) is 37.2 Å². The van der Waals surface area contributed by atoms with E-state index < -0.39 is 0 Å². The Morgan fingerprint density at radius 1 is 0.968 bits per heavy atom. The summed E-state index contributed by atoms with van der Waals surface area (Å²) in [5.41, 5.74) is 1.18. The van der Waals surface area contributed by atoms with Crippen LogP contribution >= 0.6 is 0 Å². The topological polar surface area (TPSA) is 70.7 Å². The van der Waals surface area contributed by atoms with Crippen LogP contribution in [0.25, 0.3) is 10.8 Å². The third-order valence-electron chi connectivity index (χ3n) is 5.55. The minimum absolute atomic E-state index is 0.0203. The summed E-state index contributed by atoms with van der Waals surface area (Å²) >= 11 is 0. The molecular weight excluding hydrogens is 397 g/mol. The molecule has 3 aromatic rings. The van der Waals surface area contributed by atoms with Crippen LogP contribution in [-0.4, -0.2) is 43.1 Å². The summed E-state index contributed by atoms with van der Waals surface area (Å²) in [4.78, 5) is 27.2. The number of urea groups is 1. The molecular formula is C24H24FN3O3. The van der Waals surface area contributed by atoms with Crippen molar-refractivity contribution in [2.45, 2.75) is 18.9 Å². The number of methoxy groups -OCH3 is 1. The second kappa shape index (κ2) is 9.04. The van der Waals surface area contributed by atoms with Gasteiger partial charge in [0.2, 0.25) is 0 Å². The zero-order chi connectivity index (χ0) is 21.8. The van der Waals surface area contributed by atoms with Crippen LogP contribution in [0.15, 0.2) is 60.7 Å². The molecule has 3 aromatic carbocycles. The molecule has 0 aromatic heterocycles. The van der Waals surface area contributed by atoms with Crippen molar-refractivity contribution < 1.29 is 18.7 Å². The van der Waals surface area contributed by atoms with E-state index in [0.717, 1.165) is 16.5 Å². The third-order valence-corrected chi connectivity index (χ3v) is 5.55. The number of ether oxygens (including phenoxy) is 1. The van der Waals surface area contributed by atoms with Crippen LogP contribution in [0.3, 0.4) is 0 Å². The Bertz CT molecular complexity index is 1090. The van der Waals surface area contributed by atoms with E-state index in [2.05, 4.69) is 10.6 Å². The maximum absolute atomic E-state index is 13.2. The molecule has 0 radical (unpaired) electrons. The number of hydrogen-bond donors (Lipinski definition) is 2. The molecule has 1 heterocycles. The highest BCUT2D eigenvalue weighted by atomic mass is 19.1. The lowest BCUT2D eigenvalue weighted by Gasteiger charge is -2.32. The van der Waals surface area contributed by atoms with E-state index in [-0.39, 0.29) is 23.8 Å². The highest BCUT2D eigenvalue weighted by molar-refractivity contribution is 6.08. The largest absolute Gasteiger partial charge is 0.496 e. The maximum atomic E-state index is 13.2. The normalized spacial score (nSPS) is 14.3. The van der Waals surface area contributed by atoms with Crippen molar-refractivity contribution in [3.8, 4) is 5.75 Å². The van der Waals surface area contributed by atoms with Gasteiger partial charge in [0.1, 0.15) is 11.6 Å². The van der Waals surface area contributed by atoms with Crippen LogP contribution < -0.4 is 15.4 Å².